The van der Waals surface area contributed by atoms with Crippen LogP contribution in [0.25, 0.3) is 0 Å². The molecular formula is C9H5Cl2F3N. The summed E-state index contributed by atoms with van der Waals surface area (Å²) in [7, 11) is 0. The third kappa shape index (κ3) is 4.53. The van der Waals surface area contributed by atoms with E-state index in [0.717, 1.165) is 6.21 Å². The number of alkyl halides is 3. The molecule has 0 bridgehead atoms. The number of halogens is 5. The minimum absolute atomic E-state index is 0.129. The average Bonchev–Trinajstić information content (AvgIpc) is 2.09. The smallest absolute Gasteiger partial charge is 0.274 e. The molecule has 1 nitrogen and oxygen atoms in total. The van der Waals surface area contributed by atoms with Crippen molar-refractivity contribution in [3.8, 4) is 0 Å². The zero-order chi connectivity index (χ0) is 11.5. The molecule has 0 aliphatic carbocycles. The normalized spacial score (nSPS) is 12.3. The molecule has 6 heteroatoms. The van der Waals surface area contributed by atoms with Crippen LogP contribution in [0.15, 0.2) is 23.2 Å². The lowest BCUT2D eigenvalue weighted by atomic mass is 10.2. The molecule has 0 atom stereocenters. The lowest BCUT2D eigenvalue weighted by Gasteiger charge is -2.00. The highest BCUT2D eigenvalue weighted by Gasteiger charge is 2.24. The van der Waals surface area contributed by atoms with Crippen LogP contribution in [-0.4, -0.2) is 12.4 Å². The molecule has 0 aliphatic rings. The maximum absolute atomic E-state index is 11.6. The van der Waals surface area contributed by atoms with Gasteiger partial charge in [-0.1, -0.05) is 29.3 Å². The molecule has 1 rings (SSSR count). The first-order valence-electron chi connectivity index (χ1n) is 3.83. The number of hydrogen-bond acceptors (Lipinski definition) is 1. The fourth-order valence-electron chi connectivity index (χ4n) is 0.858. The van der Waals surface area contributed by atoms with Crippen molar-refractivity contribution in [2.75, 3.05) is 0 Å². The van der Waals surface area contributed by atoms with Gasteiger partial charge in [-0.3, -0.25) is 4.99 Å². The fraction of sp³-hybridized carbons (Fsp3) is 0.222. The van der Waals surface area contributed by atoms with E-state index in [1.165, 1.54) is 12.1 Å². The van der Waals surface area contributed by atoms with Gasteiger partial charge >= 0.3 is 6.18 Å². The van der Waals surface area contributed by atoms with Crippen LogP contribution in [0.3, 0.4) is 0 Å². The molecule has 0 saturated heterocycles. The van der Waals surface area contributed by atoms with Crippen LogP contribution >= 0.6 is 23.2 Å². The molecule has 1 radical (unpaired) electrons. The molecular weight excluding hydrogens is 250 g/mol. The Morgan fingerprint density at radius 2 is 1.87 bits per heavy atom. The quantitative estimate of drug-likeness (QED) is 0.708. The average molecular weight is 255 g/mol. The van der Waals surface area contributed by atoms with E-state index in [0.29, 0.717) is 10.6 Å². The van der Waals surface area contributed by atoms with Gasteiger partial charge in [0.15, 0.2) is 6.21 Å². The summed E-state index contributed by atoms with van der Waals surface area (Å²) in [6, 6.07) is 4.52. The van der Waals surface area contributed by atoms with E-state index in [4.69, 9.17) is 23.2 Å². The van der Waals surface area contributed by atoms with Gasteiger partial charge in [0.2, 0.25) is 0 Å². The predicted octanol–water partition coefficient (Wildman–Crippen LogP) is 4.00. The lowest BCUT2D eigenvalue weighted by Crippen LogP contribution is -2.08. The fourth-order valence-corrected chi connectivity index (χ4v) is 1.18. The molecule has 0 fully saturated rings. The van der Waals surface area contributed by atoms with Crippen molar-refractivity contribution in [3.63, 3.8) is 0 Å². The standard InChI is InChI=1S/C9H5Cl2F3N/c10-7-2-1-6(3-8(7)11)4-15-5-9(12,13)14/h1-3H,4H2. The SMILES string of the molecule is FC(F)(F)/[C]=N\Cc1ccc(Cl)c(Cl)c1. The number of rotatable bonds is 2. The van der Waals surface area contributed by atoms with Crippen molar-refractivity contribution in [1.82, 2.24) is 0 Å². The van der Waals surface area contributed by atoms with E-state index < -0.39 is 6.18 Å². The van der Waals surface area contributed by atoms with Gasteiger partial charge in [0, 0.05) is 0 Å². The summed E-state index contributed by atoms with van der Waals surface area (Å²) in [5.41, 5.74) is 0.543. The van der Waals surface area contributed by atoms with E-state index in [9.17, 15) is 13.2 Å². The number of hydrogen-bond donors (Lipinski definition) is 0. The van der Waals surface area contributed by atoms with Crippen molar-refractivity contribution in [2.24, 2.45) is 4.99 Å². The van der Waals surface area contributed by atoms with Crippen LogP contribution in [0.5, 0.6) is 0 Å². The van der Waals surface area contributed by atoms with Crippen LogP contribution in [0, 0.1) is 0 Å². The van der Waals surface area contributed by atoms with Crippen molar-refractivity contribution >= 4 is 29.4 Å². The van der Waals surface area contributed by atoms with Crippen LogP contribution in [0.4, 0.5) is 13.2 Å². The summed E-state index contributed by atoms with van der Waals surface area (Å²) in [6.45, 7) is -0.129. The Balaban J connectivity index is 2.66. The van der Waals surface area contributed by atoms with E-state index in [-0.39, 0.29) is 11.6 Å². The molecule has 0 aromatic heterocycles. The molecule has 0 heterocycles. The first kappa shape index (κ1) is 12.3. The van der Waals surface area contributed by atoms with Crippen molar-refractivity contribution < 1.29 is 13.2 Å². The van der Waals surface area contributed by atoms with Crippen molar-refractivity contribution in [1.29, 1.82) is 0 Å². The van der Waals surface area contributed by atoms with E-state index >= 15 is 0 Å². The predicted molar refractivity (Wildman–Crippen MR) is 53.7 cm³/mol. The minimum Gasteiger partial charge on any atom is -0.274 e. The number of nitrogens with zero attached hydrogens (tertiary/aromatic N) is 1. The Bertz CT molecular complexity index is 374. The van der Waals surface area contributed by atoms with Gasteiger partial charge in [0.1, 0.15) is 0 Å². The third-order valence-corrected chi connectivity index (χ3v) is 2.19. The number of benzene rings is 1. The lowest BCUT2D eigenvalue weighted by molar-refractivity contribution is -0.0537. The molecule has 0 spiro atoms. The van der Waals surface area contributed by atoms with Crippen molar-refractivity contribution in [2.45, 2.75) is 12.7 Å². The Labute approximate surface area is 94.5 Å². The van der Waals surface area contributed by atoms with Gasteiger partial charge in [-0.2, -0.15) is 13.2 Å². The Kier molecular flexibility index (Phi) is 3.99. The maximum atomic E-state index is 11.6. The van der Waals surface area contributed by atoms with Gasteiger partial charge in [-0.05, 0) is 17.7 Å². The molecule has 81 valence electrons. The summed E-state index contributed by atoms with van der Waals surface area (Å²) in [6.07, 6.45) is -3.45. The molecule has 0 unspecified atom stereocenters. The van der Waals surface area contributed by atoms with Crippen LogP contribution in [0.1, 0.15) is 5.56 Å². The molecule has 15 heavy (non-hydrogen) atoms. The van der Waals surface area contributed by atoms with Gasteiger partial charge in [-0.25, -0.2) is 0 Å². The molecule has 0 saturated carbocycles. The van der Waals surface area contributed by atoms with Crippen LogP contribution in [0.2, 0.25) is 10.0 Å². The van der Waals surface area contributed by atoms with E-state index in [1.54, 1.807) is 6.07 Å². The van der Waals surface area contributed by atoms with Crippen LogP contribution < -0.4 is 0 Å². The van der Waals surface area contributed by atoms with Crippen molar-refractivity contribution in [3.05, 3.63) is 33.8 Å². The highest BCUT2D eigenvalue weighted by atomic mass is 35.5. The van der Waals surface area contributed by atoms with E-state index in [1.807, 2.05) is 0 Å². The Morgan fingerprint density at radius 3 is 2.40 bits per heavy atom. The highest BCUT2D eigenvalue weighted by molar-refractivity contribution is 6.42. The van der Waals surface area contributed by atoms with E-state index in [2.05, 4.69) is 4.99 Å². The monoisotopic (exact) mass is 254 g/mol. The van der Waals surface area contributed by atoms with Crippen LogP contribution in [-0.2, 0) is 6.54 Å². The van der Waals surface area contributed by atoms with Gasteiger partial charge in [0.05, 0.1) is 16.6 Å². The topological polar surface area (TPSA) is 12.4 Å². The number of aliphatic imine (C=N–C) groups is 1. The Hall–Kier alpha value is -0.740. The zero-order valence-corrected chi connectivity index (χ0v) is 8.79. The second-order valence-electron chi connectivity index (χ2n) is 2.67. The van der Waals surface area contributed by atoms with Gasteiger partial charge in [0.25, 0.3) is 0 Å². The first-order valence-corrected chi connectivity index (χ1v) is 4.58. The first-order chi connectivity index (χ1) is 6.88. The van der Waals surface area contributed by atoms with Gasteiger partial charge < -0.3 is 0 Å². The second-order valence-corrected chi connectivity index (χ2v) is 3.49. The third-order valence-electron chi connectivity index (χ3n) is 1.45. The Morgan fingerprint density at radius 1 is 1.20 bits per heavy atom. The summed E-state index contributed by atoms with van der Waals surface area (Å²) in [5, 5.41) is 0.639. The minimum atomic E-state index is -4.50. The largest absolute Gasteiger partial charge is 0.435 e. The summed E-state index contributed by atoms with van der Waals surface area (Å²) in [4.78, 5) is 3.11. The maximum Gasteiger partial charge on any atom is 0.435 e. The van der Waals surface area contributed by atoms with Gasteiger partial charge in [-0.15, -0.1) is 0 Å². The summed E-state index contributed by atoms with van der Waals surface area (Å²) in [5.74, 6) is 0. The molecule has 1 aromatic rings. The highest BCUT2D eigenvalue weighted by Crippen LogP contribution is 2.23. The second kappa shape index (κ2) is 4.86. The summed E-state index contributed by atoms with van der Waals surface area (Å²) < 4.78 is 34.9. The molecule has 1 aromatic carbocycles. The molecule has 0 amide bonds. The zero-order valence-electron chi connectivity index (χ0n) is 7.28. The summed E-state index contributed by atoms with van der Waals surface area (Å²) >= 11 is 11.3. The molecule has 0 aliphatic heterocycles. The molecule has 0 N–H and O–H groups in total.